The summed E-state index contributed by atoms with van der Waals surface area (Å²) in [4.78, 5) is 18.0. The van der Waals surface area contributed by atoms with Gasteiger partial charge in [-0.25, -0.2) is 9.78 Å². The van der Waals surface area contributed by atoms with Gasteiger partial charge in [0, 0.05) is 17.0 Å². The smallest absolute Gasteiger partial charge is 0.235 e. The van der Waals surface area contributed by atoms with Crippen molar-refractivity contribution >= 4 is 17.4 Å². The molecule has 2 rings (SSSR count). The fourth-order valence-electron chi connectivity index (χ4n) is 1.56. The fourth-order valence-corrected chi connectivity index (χ4v) is 2.36. The zero-order valence-corrected chi connectivity index (χ0v) is 11.4. The number of ether oxygens (including phenoxy) is 2. The Balaban J connectivity index is 2.34. The molecule has 0 atom stereocenters. The standard InChI is InChI=1S/C13H12N2O3S/c1-17-11-3-9(4-12(5-11)18-2)13-15-10(7-19-13)6-14-8-16/h3-5,7H,6H2,1-2H3. The van der Waals surface area contributed by atoms with Gasteiger partial charge < -0.3 is 9.47 Å². The van der Waals surface area contributed by atoms with Crippen LogP contribution in [0.3, 0.4) is 0 Å². The van der Waals surface area contributed by atoms with Crippen LogP contribution >= 0.6 is 11.3 Å². The van der Waals surface area contributed by atoms with Crippen molar-refractivity contribution in [1.29, 1.82) is 0 Å². The third-order valence-corrected chi connectivity index (χ3v) is 3.40. The molecular weight excluding hydrogens is 264 g/mol. The Hall–Kier alpha value is -2.17. The first kappa shape index (κ1) is 13.3. The molecule has 0 radical (unpaired) electrons. The molecule has 2 aromatic rings. The van der Waals surface area contributed by atoms with Crippen LogP contribution < -0.4 is 9.47 Å². The second-order valence-electron chi connectivity index (χ2n) is 3.65. The summed E-state index contributed by atoms with van der Waals surface area (Å²) in [5.41, 5.74) is 1.65. The first-order chi connectivity index (χ1) is 9.26. The first-order valence-electron chi connectivity index (χ1n) is 5.48. The van der Waals surface area contributed by atoms with Gasteiger partial charge in [-0.15, -0.1) is 11.3 Å². The van der Waals surface area contributed by atoms with Gasteiger partial charge in [-0.2, -0.15) is 4.99 Å². The summed E-state index contributed by atoms with van der Waals surface area (Å²) in [6.45, 7) is 0.251. The van der Waals surface area contributed by atoms with E-state index in [2.05, 4.69) is 9.98 Å². The van der Waals surface area contributed by atoms with E-state index >= 15 is 0 Å². The molecule has 1 aromatic heterocycles. The van der Waals surface area contributed by atoms with Crippen molar-refractivity contribution in [3.05, 3.63) is 29.3 Å². The second-order valence-corrected chi connectivity index (χ2v) is 4.51. The van der Waals surface area contributed by atoms with Crippen molar-refractivity contribution in [3.63, 3.8) is 0 Å². The predicted octanol–water partition coefficient (Wildman–Crippen LogP) is 2.66. The van der Waals surface area contributed by atoms with Crippen molar-refractivity contribution in [1.82, 2.24) is 4.98 Å². The number of aromatic nitrogens is 1. The Labute approximate surface area is 114 Å². The van der Waals surface area contributed by atoms with Crippen LogP contribution in [-0.2, 0) is 11.3 Å². The molecular formula is C13H12N2O3S. The van der Waals surface area contributed by atoms with E-state index in [-0.39, 0.29) is 6.54 Å². The van der Waals surface area contributed by atoms with E-state index in [1.165, 1.54) is 17.4 Å². The Morgan fingerprint density at radius 1 is 1.26 bits per heavy atom. The molecule has 0 saturated carbocycles. The van der Waals surface area contributed by atoms with E-state index in [0.717, 1.165) is 16.3 Å². The lowest BCUT2D eigenvalue weighted by molar-refractivity contribution is 0.394. The third-order valence-electron chi connectivity index (χ3n) is 2.46. The summed E-state index contributed by atoms with van der Waals surface area (Å²) >= 11 is 1.48. The zero-order chi connectivity index (χ0) is 13.7. The van der Waals surface area contributed by atoms with Gasteiger partial charge in [-0.3, -0.25) is 0 Å². The summed E-state index contributed by atoms with van der Waals surface area (Å²) in [6, 6.07) is 5.57. The van der Waals surface area contributed by atoms with Crippen LogP contribution in [0, 0.1) is 0 Å². The third kappa shape index (κ3) is 3.19. The van der Waals surface area contributed by atoms with Crippen LogP contribution in [0.1, 0.15) is 5.69 Å². The lowest BCUT2D eigenvalue weighted by atomic mass is 10.2. The number of isocyanates is 1. The highest BCUT2D eigenvalue weighted by Crippen LogP contribution is 2.31. The van der Waals surface area contributed by atoms with E-state index in [0.29, 0.717) is 11.5 Å². The molecule has 0 saturated heterocycles. The van der Waals surface area contributed by atoms with Crippen LogP contribution in [0.2, 0.25) is 0 Å². The van der Waals surface area contributed by atoms with Gasteiger partial charge in [0.2, 0.25) is 6.08 Å². The average Bonchev–Trinajstić information content (AvgIpc) is 2.93. The van der Waals surface area contributed by atoms with E-state index in [4.69, 9.17) is 9.47 Å². The Morgan fingerprint density at radius 3 is 2.53 bits per heavy atom. The average molecular weight is 276 g/mol. The molecule has 98 valence electrons. The minimum atomic E-state index is 0.251. The molecule has 0 bridgehead atoms. The van der Waals surface area contributed by atoms with Crippen molar-refractivity contribution in [2.75, 3.05) is 14.2 Å². The molecule has 0 fully saturated rings. The summed E-state index contributed by atoms with van der Waals surface area (Å²) in [5.74, 6) is 1.41. The second kappa shape index (κ2) is 6.13. The number of hydrogen-bond acceptors (Lipinski definition) is 6. The van der Waals surface area contributed by atoms with Gasteiger partial charge in [-0.1, -0.05) is 0 Å². The maximum Gasteiger partial charge on any atom is 0.235 e. The molecule has 19 heavy (non-hydrogen) atoms. The molecule has 1 heterocycles. The predicted molar refractivity (Wildman–Crippen MR) is 72.5 cm³/mol. The minimum Gasteiger partial charge on any atom is -0.497 e. The number of thiazole rings is 1. The topological polar surface area (TPSA) is 60.8 Å². The largest absolute Gasteiger partial charge is 0.497 e. The number of benzene rings is 1. The number of aliphatic imine (C=N–C) groups is 1. The lowest BCUT2D eigenvalue weighted by Crippen LogP contribution is -1.89. The van der Waals surface area contributed by atoms with Gasteiger partial charge in [0.25, 0.3) is 0 Å². The number of rotatable bonds is 5. The Kier molecular flexibility index (Phi) is 4.28. The number of methoxy groups -OCH3 is 2. The van der Waals surface area contributed by atoms with Gasteiger partial charge in [0.15, 0.2) is 0 Å². The quantitative estimate of drug-likeness (QED) is 0.622. The lowest BCUT2D eigenvalue weighted by Gasteiger charge is -2.06. The van der Waals surface area contributed by atoms with Crippen molar-refractivity contribution in [2.45, 2.75) is 6.54 Å². The number of carbonyl (C=O) groups excluding carboxylic acids is 1. The highest BCUT2D eigenvalue weighted by Gasteiger charge is 2.08. The molecule has 0 N–H and O–H groups in total. The zero-order valence-electron chi connectivity index (χ0n) is 10.5. The SMILES string of the molecule is COc1cc(OC)cc(-c2nc(CN=C=O)cs2)c1. The Morgan fingerprint density at radius 2 is 1.95 bits per heavy atom. The van der Waals surface area contributed by atoms with Gasteiger partial charge in [0.1, 0.15) is 16.5 Å². The molecule has 1 aromatic carbocycles. The van der Waals surface area contributed by atoms with Crippen LogP contribution in [0.4, 0.5) is 0 Å². The van der Waals surface area contributed by atoms with E-state index < -0.39 is 0 Å². The molecule has 0 unspecified atom stereocenters. The molecule has 0 amide bonds. The first-order valence-corrected chi connectivity index (χ1v) is 6.36. The summed E-state index contributed by atoms with van der Waals surface area (Å²) in [7, 11) is 3.20. The summed E-state index contributed by atoms with van der Waals surface area (Å²) < 4.78 is 10.4. The molecule has 6 heteroatoms. The van der Waals surface area contributed by atoms with Crippen molar-refractivity contribution < 1.29 is 14.3 Å². The van der Waals surface area contributed by atoms with E-state index in [1.807, 2.05) is 17.5 Å². The van der Waals surface area contributed by atoms with Crippen LogP contribution in [0.15, 0.2) is 28.6 Å². The molecule has 5 nitrogen and oxygen atoms in total. The van der Waals surface area contributed by atoms with Crippen molar-refractivity contribution in [3.8, 4) is 22.1 Å². The molecule has 0 aliphatic heterocycles. The van der Waals surface area contributed by atoms with Gasteiger partial charge in [0.05, 0.1) is 26.5 Å². The summed E-state index contributed by atoms with van der Waals surface area (Å²) in [6.07, 6.45) is 1.50. The summed E-state index contributed by atoms with van der Waals surface area (Å²) in [5, 5.41) is 2.69. The fraction of sp³-hybridized carbons (Fsp3) is 0.231. The molecule has 0 aliphatic carbocycles. The minimum absolute atomic E-state index is 0.251. The molecule has 0 spiro atoms. The van der Waals surface area contributed by atoms with Gasteiger partial charge in [-0.05, 0) is 12.1 Å². The Bertz CT molecular complexity index is 596. The van der Waals surface area contributed by atoms with Crippen molar-refractivity contribution in [2.24, 2.45) is 4.99 Å². The van der Waals surface area contributed by atoms with E-state index in [1.54, 1.807) is 20.3 Å². The maximum absolute atomic E-state index is 10.1. The normalized spacial score (nSPS) is 9.79. The number of nitrogens with zero attached hydrogens (tertiary/aromatic N) is 2. The van der Waals surface area contributed by atoms with E-state index in [9.17, 15) is 4.79 Å². The van der Waals surface area contributed by atoms with Crippen LogP contribution in [0.5, 0.6) is 11.5 Å². The van der Waals surface area contributed by atoms with Crippen LogP contribution in [-0.4, -0.2) is 25.3 Å². The van der Waals surface area contributed by atoms with Crippen LogP contribution in [0.25, 0.3) is 10.6 Å². The highest BCUT2D eigenvalue weighted by atomic mass is 32.1. The monoisotopic (exact) mass is 276 g/mol. The highest BCUT2D eigenvalue weighted by molar-refractivity contribution is 7.13. The van der Waals surface area contributed by atoms with Gasteiger partial charge >= 0.3 is 0 Å². The maximum atomic E-state index is 10.1. The molecule has 0 aliphatic rings. The number of hydrogen-bond donors (Lipinski definition) is 0.